The van der Waals surface area contributed by atoms with Crippen molar-refractivity contribution >= 4 is 0 Å². The number of hydrogen-bond donors (Lipinski definition) is 0. The second-order valence-electron chi connectivity index (χ2n) is 0.671. The zero-order valence-corrected chi connectivity index (χ0v) is 9.40. The molecule has 0 atom stereocenters. The summed E-state index contributed by atoms with van der Waals surface area (Å²) in [5.41, 5.74) is 0. The smallest absolute Gasteiger partial charge is 0.412 e. The van der Waals surface area contributed by atoms with Crippen LogP contribution in [-0.4, -0.2) is 37.2 Å². The minimum atomic E-state index is -1.75. The normalized spacial score (nSPS) is 4.24. The Bertz CT molecular complexity index is 114. The standard InChI is InChI=1S/3NO3.4H2O.Sc/c3*2-1(3)4;;;;;/h;;;4*1H2;/q3*-1;;;;;+3. The van der Waals surface area contributed by atoms with Crippen molar-refractivity contribution in [1.82, 2.24) is 0 Å². The SMILES string of the molecule is O.O.O.O.O=[N+]([O-])[O-].O=[N+]([O-])[O-].O=[N+]([O-])[O-].[Sc+3]. The monoisotopic (exact) mass is 303 g/mol. The number of rotatable bonds is 0. The van der Waals surface area contributed by atoms with Gasteiger partial charge >= 0.3 is 25.8 Å². The average Bonchev–Trinajstić information content (AvgIpc) is 1.54. The summed E-state index contributed by atoms with van der Waals surface area (Å²) in [7, 11) is 0. The Morgan fingerprint density at radius 2 is 0.471 bits per heavy atom. The first-order valence-corrected chi connectivity index (χ1v) is 1.64. The molecule has 16 nitrogen and oxygen atoms in total. The molecule has 17 heavy (non-hydrogen) atoms. The van der Waals surface area contributed by atoms with E-state index in [1.165, 1.54) is 0 Å². The molecule has 0 aliphatic rings. The van der Waals surface area contributed by atoms with E-state index in [2.05, 4.69) is 0 Å². The summed E-state index contributed by atoms with van der Waals surface area (Å²) >= 11 is 0. The Kier molecular flexibility index (Phi) is 164. The minimum Gasteiger partial charge on any atom is -0.412 e. The van der Waals surface area contributed by atoms with Crippen LogP contribution in [0.2, 0.25) is 0 Å². The van der Waals surface area contributed by atoms with Gasteiger partial charge in [-0.25, -0.2) is 0 Å². The van der Waals surface area contributed by atoms with Crippen LogP contribution in [0.1, 0.15) is 0 Å². The molecule has 0 aliphatic carbocycles. The maximum Gasteiger partial charge on any atom is 3.00 e. The Labute approximate surface area is 109 Å². The van der Waals surface area contributed by atoms with E-state index in [1.807, 2.05) is 0 Å². The molecule has 17 heteroatoms. The molecule has 0 spiro atoms. The molecule has 0 radical (unpaired) electrons. The summed E-state index contributed by atoms with van der Waals surface area (Å²) in [5, 5.41) is 44.2. The summed E-state index contributed by atoms with van der Waals surface area (Å²) in [6, 6.07) is 0. The average molecular weight is 303 g/mol. The second-order valence-corrected chi connectivity index (χ2v) is 0.671. The quantitative estimate of drug-likeness (QED) is 0.309. The topological polar surface area (TPSA) is 325 Å². The third-order valence-electron chi connectivity index (χ3n) is 0. The molecule has 0 aromatic rings. The summed E-state index contributed by atoms with van der Waals surface area (Å²) in [5.74, 6) is 0. The van der Waals surface area contributed by atoms with Gasteiger partial charge in [0.05, 0.1) is 15.3 Å². The molecule has 0 saturated carbocycles. The van der Waals surface area contributed by atoms with Crippen molar-refractivity contribution < 1.29 is 63.0 Å². The first-order chi connectivity index (χ1) is 5.20. The maximum absolute atomic E-state index is 8.25. The number of hydrogen-bond acceptors (Lipinski definition) is 9. The molecule has 0 fully saturated rings. The molecule has 0 saturated heterocycles. The Hall–Kier alpha value is -1.69. The molecular formula is H8N3O13Sc. The predicted octanol–water partition coefficient (Wildman–Crippen LogP) is -4.02. The van der Waals surface area contributed by atoms with Crippen molar-refractivity contribution in [3.05, 3.63) is 46.0 Å². The molecule has 0 aliphatic heterocycles. The zero-order chi connectivity index (χ0) is 10.7. The van der Waals surface area contributed by atoms with Crippen LogP contribution in [0, 0.1) is 46.0 Å². The van der Waals surface area contributed by atoms with Crippen molar-refractivity contribution in [1.29, 1.82) is 0 Å². The van der Waals surface area contributed by atoms with Gasteiger partial charge in [-0.15, -0.1) is 0 Å². The molecule has 8 N–H and O–H groups in total. The molecule has 0 rings (SSSR count). The molecule has 0 amide bonds. The van der Waals surface area contributed by atoms with Crippen LogP contribution in [0.3, 0.4) is 0 Å². The fourth-order valence-electron chi connectivity index (χ4n) is 0. The molecule has 0 aromatic carbocycles. The van der Waals surface area contributed by atoms with Crippen molar-refractivity contribution in [3.8, 4) is 0 Å². The molecular weight excluding hydrogens is 295 g/mol. The van der Waals surface area contributed by atoms with Crippen molar-refractivity contribution in [2.75, 3.05) is 0 Å². The number of nitrogens with zero attached hydrogens (tertiary/aromatic N) is 3. The van der Waals surface area contributed by atoms with Crippen LogP contribution in [0.15, 0.2) is 0 Å². The van der Waals surface area contributed by atoms with Gasteiger partial charge in [0.2, 0.25) is 0 Å². The summed E-state index contributed by atoms with van der Waals surface area (Å²) in [4.78, 5) is 24.8. The first kappa shape index (κ1) is 58.7. The van der Waals surface area contributed by atoms with Gasteiger partial charge in [0, 0.05) is 0 Å². The van der Waals surface area contributed by atoms with Crippen LogP contribution >= 0.6 is 0 Å². The van der Waals surface area contributed by atoms with Gasteiger partial charge in [-0.3, -0.25) is 0 Å². The maximum atomic E-state index is 8.25. The van der Waals surface area contributed by atoms with Gasteiger partial charge in [-0.1, -0.05) is 0 Å². The molecule has 0 heterocycles. The van der Waals surface area contributed by atoms with Crippen molar-refractivity contribution in [2.45, 2.75) is 0 Å². The van der Waals surface area contributed by atoms with E-state index in [0.717, 1.165) is 0 Å². The third-order valence-corrected chi connectivity index (χ3v) is 0. The van der Waals surface area contributed by atoms with Gasteiger partial charge in [0.1, 0.15) is 0 Å². The van der Waals surface area contributed by atoms with Gasteiger partial charge in [0.25, 0.3) is 0 Å². The molecule has 0 bridgehead atoms. The van der Waals surface area contributed by atoms with E-state index in [0.29, 0.717) is 0 Å². The van der Waals surface area contributed by atoms with E-state index >= 15 is 0 Å². The second kappa shape index (κ2) is 47.4. The van der Waals surface area contributed by atoms with Crippen LogP contribution in [0.5, 0.6) is 0 Å². The third kappa shape index (κ3) is 759. The van der Waals surface area contributed by atoms with Crippen LogP contribution < -0.4 is 0 Å². The van der Waals surface area contributed by atoms with Gasteiger partial charge < -0.3 is 67.9 Å². The Balaban J connectivity index is -0.0000000104. The van der Waals surface area contributed by atoms with Crippen LogP contribution in [0.25, 0.3) is 0 Å². The van der Waals surface area contributed by atoms with E-state index in [1.54, 1.807) is 0 Å². The van der Waals surface area contributed by atoms with Gasteiger partial charge in [-0.05, 0) is 0 Å². The largest absolute Gasteiger partial charge is 3.00 e. The van der Waals surface area contributed by atoms with E-state index < -0.39 is 15.3 Å². The van der Waals surface area contributed by atoms with Crippen molar-refractivity contribution in [3.63, 3.8) is 0 Å². The van der Waals surface area contributed by atoms with Crippen LogP contribution in [-0.2, 0) is 25.8 Å². The fourth-order valence-corrected chi connectivity index (χ4v) is 0. The molecule has 0 unspecified atom stereocenters. The van der Waals surface area contributed by atoms with E-state index in [-0.39, 0.29) is 47.7 Å². The van der Waals surface area contributed by atoms with Gasteiger partial charge in [-0.2, -0.15) is 0 Å². The van der Waals surface area contributed by atoms with Crippen LogP contribution in [0.4, 0.5) is 0 Å². The van der Waals surface area contributed by atoms with Gasteiger partial charge in [0.15, 0.2) is 0 Å². The van der Waals surface area contributed by atoms with E-state index in [4.69, 9.17) is 46.0 Å². The summed E-state index contributed by atoms with van der Waals surface area (Å²) < 4.78 is 0. The first-order valence-electron chi connectivity index (χ1n) is 1.64. The molecule has 104 valence electrons. The molecule has 0 aromatic heterocycles. The summed E-state index contributed by atoms with van der Waals surface area (Å²) in [6.45, 7) is 0. The van der Waals surface area contributed by atoms with E-state index in [9.17, 15) is 0 Å². The minimum absolute atomic E-state index is 0. The Morgan fingerprint density at radius 3 is 0.471 bits per heavy atom. The summed E-state index contributed by atoms with van der Waals surface area (Å²) in [6.07, 6.45) is 0. The predicted molar refractivity (Wildman–Crippen MR) is 45.5 cm³/mol. The fraction of sp³-hybridized carbons (Fsp3) is 0. The Morgan fingerprint density at radius 1 is 0.471 bits per heavy atom. The van der Waals surface area contributed by atoms with Crippen molar-refractivity contribution in [2.24, 2.45) is 0 Å². The zero-order valence-electron chi connectivity index (χ0n) is 7.59.